The third kappa shape index (κ3) is 3.59. The Labute approximate surface area is 139 Å². The van der Waals surface area contributed by atoms with Crippen LogP contribution in [0.3, 0.4) is 0 Å². The second-order valence-electron chi connectivity index (χ2n) is 5.69. The van der Waals surface area contributed by atoms with Crippen LogP contribution in [0.1, 0.15) is 24.2 Å². The van der Waals surface area contributed by atoms with Crippen LogP contribution in [0.4, 0.5) is 0 Å². The first-order chi connectivity index (χ1) is 10.5. The number of fused-ring (bicyclic) bond motifs is 1. The number of carbonyl (C=O) groups is 1. The Morgan fingerprint density at radius 2 is 2.36 bits per heavy atom. The van der Waals surface area contributed by atoms with Gasteiger partial charge >= 0.3 is 0 Å². The zero-order valence-corrected chi connectivity index (χ0v) is 14.6. The van der Waals surface area contributed by atoms with E-state index in [1.807, 2.05) is 20.9 Å². The average Bonchev–Trinajstić information content (AvgIpc) is 2.51. The van der Waals surface area contributed by atoms with E-state index in [0.29, 0.717) is 24.5 Å². The normalized spacial score (nSPS) is 23.3. The van der Waals surface area contributed by atoms with Gasteiger partial charge in [-0.3, -0.25) is 4.79 Å². The molecule has 1 amide bonds. The van der Waals surface area contributed by atoms with E-state index in [9.17, 15) is 9.90 Å². The SMILES string of the molecule is CNC[C@@H]1Oc2ncc(Br)cc2C(=O)N([C@H](C)CO)C[C@H]1C. The van der Waals surface area contributed by atoms with Gasteiger partial charge < -0.3 is 20.1 Å². The van der Waals surface area contributed by atoms with Crippen LogP contribution in [0.25, 0.3) is 0 Å². The molecule has 0 radical (unpaired) electrons. The molecule has 3 atom stereocenters. The number of hydrogen-bond acceptors (Lipinski definition) is 5. The Morgan fingerprint density at radius 1 is 1.64 bits per heavy atom. The molecule has 6 nitrogen and oxygen atoms in total. The van der Waals surface area contributed by atoms with Crippen molar-refractivity contribution < 1.29 is 14.6 Å². The van der Waals surface area contributed by atoms with Gasteiger partial charge in [-0.05, 0) is 36.0 Å². The summed E-state index contributed by atoms with van der Waals surface area (Å²) in [6.07, 6.45) is 1.52. The zero-order valence-electron chi connectivity index (χ0n) is 13.0. The molecule has 0 bridgehead atoms. The lowest BCUT2D eigenvalue weighted by atomic mass is 10.0. The summed E-state index contributed by atoms with van der Waals surface area (Å²) in [6, 6.07) is 1.46. The van der Waals surface area contributed by atoms with Crippen molar-refractivity contribution in [3.05, 3.63) is 22.3 Å². The molecule has 7 heteroatoms. The number of nitrogens with zero attached hydrogens (tertiary/aromatic N) is 2. The van der Waals surface area contributed by atoms with Gasteiger partial charge in [0.15, 0.2) is 0 Å². The van der Waals surface area contributed by atoms with Crippen molar-refractivity contribution in [2.24, 2.45) is 5.92 Å². The molecule has 0 aromatic carbocycles. The quantitative estimate of drug-likeness (QED) is 0.833. The second-order valence-corrected chi connectivity index (χ2v) is 6.60. The highest BCUT2D eigenvalue weighted by molar-refractivity contribution is 9.10. The molecule has 0 aliphatic carbocycles. The minimum atomic E-state index is -0.255. The lowest BCUT2D eigenvalue weighted by molar-refractivity contribution is 0.0403. The molecule has 0 saturated heterocycles. The second kappa shape index (κ2) is 7.39. The number of hydrogen-bond donors (Lipinski definition) is 2. The van der Waals surface area contributed by atoms with E-state index in [4.69, 9.17) is 4.74 Å². The van der Waals surface area contributed by atoms with Gasteiger partial charge in [-0.2, -0.15) is 0 Å². The smallest absolute Gasteiger partial charge is 0.259 e. The molecule has 1 aliphatic heterocycles. The molecule has 0 fully saturated rings. The van der Waals surface area contributed by atoms with E-state index < -0.39 is 0 Å². The predicted octanol–water partition coefficient (Wildman–Crippen LogP) is 1.28. The van der Waals surface area contributed by atoms with Crippen LogP contribution in [0.5, 0.6) is 5.88 Å². The van der Waals surface area contributed by atoms with Gasteiger partial charge in [0.1, 0.15) is 11.7 Å². The van der Waals surface area contributed by atoms with E-state index in [-0.39, 0.29) is 30.6 Å². The molecule has 2 N–H and O–H groups in total. The summed E-state index contributed by atoms with van der Waals surface area (Å²) in [7, 11) is 1.87. The Hall–Kier alpha value is -1.18. The van der Waals surface area contributed by atoms with Crippen molar-refractivity contribution in [3.8, 4) is 5.88 Å². The van der Waals surface area contributed by atoms with Gasteiger partial charge in [-0.1, -0.05) is 6.92 Å². The number of ether oxygens (including phenoxy) is 1. The Kier molecular flexibility index (Phi) is 5.77. The Morgan fingerprint density at radius 3 is 3.00 bits per heavy atom. The van der Waals surface area contributed by atoms with Gasteiger partial charge in [0, 0.05) is 29.7 Å². The fraction of sp³-hybridized carbons (Fsp3) is 0.600. The predicted molar refractivity (Wildman–Crippen MR) is 87.0 cm³/mol. The highest BCUT2D eigenvalue weighted by atomic mass is 79.9. The molecule has 1 aliphatic rings. The average molecular weight is 372 g/mol. The number of carbonyl (C=O) groups excluding carboxylic acids is 1. The third-order valence-corrected chi connectivity index (χ3v) is 4.33. The summed E-state index contributed by atoms with van der Waals surface area (Å²) in [4.78, 5) is 18.8. The van der Waals surface area contributed by atoms with Crippen LogP contribution in [-0.2, 0) is 0 Å². The van der Waals surface area contributed by atoms with Gasteiger partial charge in [-0.25, -0.2) is 4.98 Å². The van der Waals surface area contributed by atoms with Crippen LogP contribution < -0.4 is 10.1 Å². The summed E-state index contributed by atoms with van der Waals surface area (Å²) in [5.41, 5.74) is 0.419. The number of halogens is 1. The highest BCUT2D eigenvalue weighted by Gasteiger charge is 2.33. The van der Waals surface area contributed by atoms with Crippen LogP contribution in [0.2, 0.25) is 0 Å². The molecule has 22 heavy (non-hydrogen) atoms. The third-order valence-electron chi connectivity index (χ3n) is 3.89. The fourth-order valence-electron chi connectivity index (χ4n) is 2.52. The lowest BCUT2D eigenvalue weighted by Gasteiger charge is -2.36. The van der Waals surface area contributed by atoms with Gasteiger partial charge in [0.2, 0.25) is 5.88 Å². The summed E-state index contributed by atoms with van der Waals surface area (Å²) in [6.45, 7) is 4.99. The minimum Gasteiger partial charge on any atom is -0.472 e. The number of rotatable bonds is 4. The van der Waals surface area contributed by atoms with Crippen LogP contribution >= 0.6 is 15.9 Å². The van der Waals surface area contributed by atoms with Crippen molar-refractivity contribution in [2.45, 2.75) is 26.0 Å². The molecule has 0 unspecified atom stereocenters. The van der Waals surface area contributed by atoms with E-state index in [1.165, 1.54) is 0 Å². The summed E-state index contributed by atoms with van der Waals surface area (Å²) < 4.78 is 6.69. The Bertz CT molecular complexity index is 541. The number of aliphatic hydroxyl groups is 1. The van der Waals surface area contributed by atoms with E-state index in [1.54, 1.807) is 17.2 Å². The number of likely N-dealkylation sites (N-methyl/N-ethyl adjacent to an activating group) is 1. The standard InChI is InChI=1S/C15H22BrN3O3/c1-9-7-19(10(2)8-20)15(21)12-4-11(16)5-18-14(12)22-13(9)6-17-3/h4-5,9-10,13,17,20H,6-8H2,1-3H3/t9-,10-,13+/m1/s1. The van der Waals surface area contributed by atoms with Crippen LogP contribution in [0, 0.1) is 5.92 Å². The molecule has 1 aromatic rings. The minimum absolute atomic E-state index is 0.0766. The first-order valence-electron chi connectivity index (χ1n) is 7.36. The molecule has 2 rings (SSSR count). The molecule has 122 valence electrons. The van der Waals surface area contributed by atoms with Gasteiger partial charge in [0.25, 0.3) is 5.91 Å². The number of aromatic nitrogens is 1. The number of nitrogens with one attached hydrogen (secondary N) is 1. The van der Waals surface area contributed by atoms with Crippen molar-refractivity contribution >= 4 is 21.8 Å². The number of aliphatic hydroxyl groups excluding tert-OH is 1. The first-order valence-corrected chi connectivity index (χ1v) is 8.15. The molecule has 0 spiro atoms. The molecular formula is C15H22BrN3O3. The number of amides is 1. The monoisotopic (exact) mass is 371 g/mol. The summed E-state index contributed by atoms with van der Waals surface area (Å²) in [5, 5.41) is 12.6. The molecule has 2 heterocycles. The van der Waals surface area contributed by atoms with E-state index in [0.717, 1.165) is 4.47 Å². The summed E-state index contributed by atoms with van der Waals surface area (Å²) >= 11 is 3.34. The largest absolute Gasteiger partial charge is 0.472 e. The fourth-order valence-corrected chi connectivity index (χ4v) is 2.85. The molecule has 1 aromatic heterocycles. The van der Waals surface area contributed by atoms with E-state index in [2.05, 4.69) is 26.2 Å². The first kappa shape index (κ1) is 17.2. The van der Waals surface area contributed by atoms with Crippen LogP contribution in [0.15, 0.2) is 16.7 Å². The number of pyridine rings is 1. The molecule has 0 saturated carbocycles. The molecular weight excluding hydrogens is 350 g/mol. The lowest BCUT2D eigenvalue weighted by Crippen LogP contribution is -2.49. The zero-order chi connectivity index (χ0) is 16.3. The Balaban J connectivity index is 2.45. The van der Waals surface area contributed by atoms with Crippen molar-refractivity contribution in [1.29, 1.82) is 0 Å². The van der Waals surface area contributed by atoms with Crippen molar-refractivity contribution in [3.63, 3.8) is 0 Å². The van der Waals surface area contributed by atoms with Gasteiger partial charge in [0.05, 0.1) is 12.6 Å². The maximum absolute atomic E-state index is 12.8. The van der Waals surface area contributed by atoms with E-state index >= 15 is 0 Å². The van der Waals surface area contributed by atoms with Crippen molar-refractivity contribution in [2.75, 3.05) is 26.7 Å². The highest BCUT2D eigenvalue weighted by Crippen LogP contribution is 2.28. The topological polar surface area (TPSA) is 74.7 Å². The van der Waals surface area contributed by atoms with Crippen molar-refractivity contribution in [1.82, 2.24) is 15.2 Å². The van der Waals surface area contributed by atoms with Crippen LogP contribution in [-0.4, -0.2) is 59.8 Å². The maximum atomic E-state index is 12.8. The maximum Gasteiger partial charge on any atom is 0.259 e. The van der Waals surface area contributed by atoms with Gasteiger partial charge in [-0.15, -0.1) is 0 Å². The summed E-state index contributed by atoms with van der Waals surface area (Å²) in [5.74, 6) is 0.291.